The molecule has 5 rings (SSSR count). The number of hydrogen-bond acceptors (Lipinski definition) is 7. The Hall–Kier alpha value is -2.05. The van der Waals surface area contributed by atoms with E-state index >= 15 is 0 Å². The van der Waals surface area contributed by atoms with Crippen molar-refractivity contribution in [2.45, 2.75) is 64.5 Å². The van der Waals surface area contributed by atoms with E-state index in [4.69, 9.17) is 18.8 Å². The van der Waals surface area contributed by atoms with Crippen LogP contribution in [0.4, 0.5) is 13.2 Å². The largest absolute Gasteiger partial charge is 0.573 e. The molecule has 0 saturated heterocycles. The number of hydrogen-bond donors (Lipinski definition) is 1. The van der Waals surface area contributed by atoms with Gasteiger partial charge in [0.25, 0.3) is 10.1 Å². The molecular formula is C24H31F3O8S. The number of benzene rings is 1. The van der Waals surface area contributed by atoms with Gasteiger partial charge in [-0.2, -0.15) is 8.42 Å². The predicted molar refractivity (Wildman–Crippen MR) is 121 cm³/mol. The van der Waals surface area contributed by atoms with Gasteiger partial charge in [0.15, 0.2) is 11.5 Å². The molecular weight excluding hydrogens is 505 g/mol. The zero-order valence-electron chi connectivity index (χ0n) is 20.2. The topological polar surface area (TPSA) is 108 Å². The van der Waals surface area contributed by atoms with Crippen molar-refractivity contribution >= 4 is 16.1 Å². The van der Waals surface area contributed by atoms with Crippen LogP contribution in [0, 0.1) is 23.2 Å². The van der Waals surface area contributed by atoms with Crippen molar-refractivity contribution in [3.05, 3.63) is 23.8 Å². The second-order valence-electron chi connectivity index (χ2n) is 10.8. The molecule has 4 saturated carbocycles. The summed E-state index contributed by atoms with van der Waals surface area (Å²) in [5.74, 6) is -2.08. The molecule has 0 unspecified atom stereocenters. The molecule has 4 bridgehead atoms. The van der Waals surface area contributed by atoms with Gasteiger partial charge < -0.3 is 18.9 Å². The van der Waals surface area contributed by atoms with Crippen LogP contribution in [0.3, 0.4) is 0 Å². The van der Waals surface area contributed by atoms with Gasteiger partial charge in [0.1, 0.15) is 12.4 Å². The maximum absolute atomic E-state index is 13.0. The van der Waals surface area contributed by atoms with Crippen molar-refractivity contribution in [1.29, 1.82) is 0 Å². The van der Waals surface area contributed by atoms with E-state index < -0.39 is 46.3 Å². The molecule has 0 spiro atoms. The molecule has 4 fully saturated rings. The van der Waals surface area contributed by atoms with Gasteiger partial charge in [0.2, 0.25) is 5.79 Å². The average Bonchev–Trinajstić information content (AvgIpc) is 2.71. The Balaban J connectivity index is 1.46. The lowest BCUT2D eigenvalue weighted by atomic mass is 9.50. The molecule has 4 aliphatic rings. The summed E-state index contributed by atoms with van der Waals surface area (Å²) in [4.78, 5) is 12.3. The van der Waals surface area contributed by atoms with Crippen LogP contribution in [0.2, 0.25) is 0 Å². The summed E-state index contributed by atoms with van der Waals surface area (Å²) < 4.78 is 90.1. The summed E-state index contributed by atoms with van der Waals surface area (Å²) >= 11 is 0. The van der Waals surface area contributed by atoms with Crippen LogP contribution in [-0.2, 0) is 19.6 Å². The van der Waals surface area contributed by atoms with Crippen molar-refractivity contribution in [3.8, 4) is 11.5 Å². The van der Waals surface area contributed by atoms with Crippen molar-refractivity contribution in [1.82, 2.24) is 0 Å². The highest BCUT2D eigenvalue weighted by molar-refractivity contribution is 7.85. The van der Waals surface area contributed by atoms with Crippen LogP contribution in [0.1, 0.15) is 62.7 Å². The third-order valence-electron chi connectivity index (χ3n) is 7.23. The summed E-state index contributed by atoms with van der Waals surface area (Å²) in [5, 5.41) is 0. The van der Waals surface area contributed by atoms with Gasteiger partial charge in [0, 0.05) is 13.8 Å². The highest BCUT2D eigenvalue weighted by Gasteiger charge is 2.51. The lowest BCUT2D eigenvalue weighted by molar-refractivity contribution is -0.276. The Bertz CT molecular complexity index is 1050. The molecule has 0 aromatic heterocycles. The van der Waals surface area contributed by atoms with Crippen molar-refractivity contribution in [2.24, 2.45) is 23.2 Å². The van der Waals surface area contributed by atoms with Crippen molar-refractivity contribution in [2.75, 3.05) is 19.0 Å². The molecule has 0 heterocycles. The van der Waals surface area contributed by atoms with Gasteiger partial charge in [-0.15, -0.1) is 13.2 Å². The summed E-state index contributed by atoms with van der Waals surface area (Å²) in [5.41, 5.74) is -0.133. The Morgan fingerprint density at radius 3 is 2.14 bits per heavy atom. The van der Waals surface area contributed by atoms with Gasteiger partial charge in [-0.05, 0) is 79.9 Å². The van der Waals surface area contributed by atoms with Gasteiger partial charge in [0.05, 0.1) is 12.2 Å². The van der Waals surface area contributed by atoms with E-state index in [9.17, 15) is 26.4 Å². The van der Waals surface area contributed by atoms with Crippen molar-refractivity contribution in [3.63, 3.8) is 0 Å². The molecule has 0 radical (unpaired) electrons. The third-order valence-corrected chi connectivity index (χ3v) is 7.91. The molecule has 1 aromatic rings. The predicted octanol–water partition coefficient (Wildman–Crippen LogP) is 4.98. The average molecular weight is 537 g/mol. The summed E-state index contributed by atoms with van der Waals surface area (Å²) in [6, 6.07) is 2.97. The number of halogens is 3. The van der Waals surface area contributed by atoms with Gasteiger partial charge in [-0.3, -0.25) is 4.55 Å². The monoisotopic (exact) mass is 536 g/mol. The Morgan fingerprint density at radius 1 is 1.03 bits per heavy atom. The minimum Gasteiger partial charge on any atom is -0.461 e. The molecule has 8 nitrogen and oxygen atoms in total. The molecule has 12 heteroatoms. The summed E-state index contributed by atoms with van der Waals surface area (Å²) in [6.45, 7) is 2.97. The first-order valence-corrected chi connectivity index (χ1v) is 13.6. The lowest BCUT2D eigenvalue weighted by Crippen LogP contribution is -2.49. The minimum absolute atomic E-state index is 0.0549. The van der Waals surface area contributed by atoms with E-state index in [1.165, 1.54) is 19.3 Å². The molecule has 36 heavy (non-hydrogen) atoms. The van der Waals surface area contributed by atoms with Crippen LogP contribution in [0.5, 0.6) is 11.5 Å². The van der Waals surface area contributed by atoms with Crippen molar-refractivity contribution < 1.29 is 49.9 Å². The highest BCUT2D eigenvalue weighted by Crippen LogP contribution is 2.60. The SMILES string of the molecule is CC(C)(OCC12CC3CC(CC(C3)C1)C2)Oc1cc(C(=O)OCCS(=O)(=O)O)ccc1OC(F)(F)F. The van der Waals surface area contributed by atoms with E-state index in [0.29, 0.717) is 24.4 Å². The van der Waals surface area contributed by atoms with E-state index in [1.54, 1.807) is 13.8 Å². The standard InChI is InChI=1S/C24H31F3O8S/c1-22(2,33-14-23-11-15-7-16(12-23)9-17(8-15)13-23)34-20-10-18(3-4-19(20)35-24(25,26)27)21(28)32-5-6-36(29,30)31/h3-4,10,15-17H,5-9,11-14H2,1-2H3,(H,29,30,31). The quantitative estimate of drug-likeness (QED) is 0.254. The van der Waals surface area contributed by atoms with E-state index in [2.05, 4.69) is 4.74 Å². The maximum atomic E-state index is 13.0. The molecule has 202 valence electrons. The van der Waals surface area contributed by atoms with Crippen LogP contribution < -0.4 is 9.47 Å². The summed E-state index contributed by atoms with van der Waals surface area (Å²) in [6.07, 6.45) is 2.06. The van der Waals surface area contributed by atoms with Crippen LogP contribution >= 0.6 is 0 Å². The first-order chi connectivity index (χ1) is 16.6. The van der Waals surface area contributed by atoms with E-state index in [0.717, 1.165) is 37.5 Å². The lowest BCUT2D eigenvalue weighted by Gasteiger charge is -2.57. The first-order valence-electron chi connectivity index (χ1n) is 12.0. The van der Waals surface area contributed by atoms with Gasteiger partial charge in [-0.1, -0.05) is 0 Å². The van der Waals surface area contributed by atoms with E-state index in [1.807, 2.05) is 0 Å². The summed E-state index contributed by atoms with van der Waals surface area (Å²) in [7, 11) is -4.35. The third kappa shape index (κ3) is 7.04. The second-order valence-corrected chi connectivity index (χ2v) is 12.4. The fourth-order valence-corrected chi connectivity index (χ4v) is 6.63. The highest BCUT2D eigenvalue weighted by atomic mass is 32.2. The minimum atomic E-state index is -5.00. The number of carbonyl (C=O) groups excluding carboxylic acids is 1. The second kappa shape index (κ2) is 9.68. The Morgan fingerprint density at radius 2 is 1.61 bits per heavy atom. The number of esters is 1. The molecule has 0 atom stereocenters. The fourth-order valence-electron chi connectivity index (χ4n) is 6.33. The maximum Gasteiger partial charge on any atom is 0.573 e. The normalized spacial score (nSPS) is 27.7. The number of alkyl halides is 3. The Labute approximate surface area is 208 Å². The van der Waals surface area contributed by atoms with Crippen LogP contribution in [0.25, 0.3) is 0 Å². The molecule has 4 aliphatic carbocycles. The van der Waals surface area contributed by atoms with E-state index in [-0.39, 0.29) is 16.7 Å². The molecule has 1 N–H and O–H groups in total. The number of ether oxygens (including phenoxy) is 4. The van der Waals surface area contributed by atoms with Crippen LogP contribution in [0.15, 0.2) is 18.2 Å². The first kappa shape index (κ1) is 27.0. The fraction of sp³-hybridized carbons (Fsp3) is 0.708. The van der Waals surface area contributed by atoms with Crippen LogP contribution in [-0.4, -0.2) is 50.1 Å². The smallest absolute Gasteiger partial charge is 0.461 e. The zero-order valence-corrected chi connectivity index (χ0v) is 21.0. The van der Waals surface area contributed by atoms with Gasteiger partial charge >= 0.3 is 12.3 Å². The Kier molecular flexibility index (Phi) is 7.26. The zero-order chi connectivity index (χ0) is 26.4. The van der Waals surface area contributed by atoms with Gasteiger partial charge in [-0.25, -0.2) is 4.79 Å². The number of carbonyl (C=O) groups is 1. The molecule has 0 aliphatic heterocycles. The number of rotatable bonds is 10. The molecule has 1 aromatic carbocycles. The molecule has 0 amide bonds.